The van der Waals surface area contributed by atoms with Gasteiger partial charge in [0, 0.05) is 30.6 Å². The number of hydrogen-bond acceptors (Lipinski definition) is 4. The summed E-state index contributed by atoms with van der Waals surface area (Å²) >= 11 is 5.52. The van der Waals surface area contributed by atoms with E-state index in [0.717, 1.165) is 5.69 Å². The number of phenolic OH excluding ortho intramolecular Hbond substituents is 1. The molecule has 5 N–H and O–H groups in total. The number of alkyl halides is 1. The number of carbonyl (C=O) groups is 1. The highest BCUT2D eigenvalue weighted by atomic mass is 35.5. The molecule has 1 unspecified atom stereocenters. The molecule has 0 aliphatic carbocycles. The smallest absolute Gasteiger partial charge is 0.320 e. The molecule has 0 radical (unpaired) electrons. The average Bonchev–Trinajstić information content (AvgIpc) is 2.29. The van der Waals surface area contributed by atoms with Crippen molar-refractivity contribution >= 4 is 23.3 Å². The molecule has 1 aromatic rings. The standard InChI is InChI=1S/C11H15ClN2O3/c12-3-4-14-8-2-1-7(10(15)6-8)5-9(13)11(16)17/h1-2,6,9,14-15H,3-5,13H2,(H,16,17). The molecule has 5 nitrogen and oxygen atoms in total. The van der Waals surface area contributed by atoms with Crippen molar-refractivity contribution in [1.29, 1.82) is 0 Å². The highest BCUT2D eigenvalue weighted by molar-refractivity contribution is 6.18. The first-order valence-electron chi connectivity index (χ1n) is 5.14. The predicted octanol–water partition coefficient (Wildman–Crippen LogP) is 0.997. The minimum Gasteiger partial charge on any atom is -0.508 e. The number of hydrogen-bond donors (Lipinski definition) is 4. The maximum atomic E-state index is 10.6. The van der Waals surface area contributed by atoms with Crippen LogP contribution in [0, 0.1) is 0 Å². The van der Waals surface area contributed by atoms with Crippen LogP contribution < -0.4 is 11.1 Å². The molecule has 94 valence electrons. The van der Waals surface area contributed by atoms with Gasteiger partial charge in [0.2, 0.25) is 0 Å². The second-order valence-electron chi connectivity index (χ2n) is 3.61. The number of halogens is 1. The number of carboxylic acid groups (broad SMARTS) is 1. The van der Waals surface area contributed by atoms with Crippen LogP contribution in [0.15, 0.2) is 18.2 Å². The quantitative estimate of drug-likeness (QED) is 0.571. The number of rotatable bonds is 6. The van der Waals surface area contributed by atoms with E-state index in [0.29, 0.717) is 18.0 Å². The number of nitrogens with two attached hydrogens (primary N) is 1. The number of nitrogens with one attached hydrogen (secondary N) is 1. The Morgan fingerprint density at radius 2 is 2.24 bits per heavy atom. The Bertz CT molecular complexity index is 398. The summed E-state index contributed by atoms with van der Waals surface area (Å²) in [6.07, 6.45) is 0.0942. The van der Waals surface area contributed by atoms with Crippen LogP contribution in [0.4, 0.5) is 5.69 Å². The van der Waals surface area contributed by atoms with E-state index in [1.807, 2.05) is 0 Å². The molecule has 1 rings (SSSR count). The van der Waals surface area contributed by atoms with Gasteiger partial charge in [0.15, 0.2) is 0 Å². The van der Waals surface area contributed by atoms with Gasteiger partial charge in [0.1, 0.15) is 11.8 Å². The van der Waals surface area contributed by atoms with Crippen molar-refractivity contribution in [2.75, 3.05) is 17.7 Å². The Balaban J connectivity index is 2.72. The molecule has 1 atom stereocenters. The molecule has 6 heteroatoms. The Morgan fingerprint density at radius 1 is 1.53 bits per heavy atom. The largest absolute Gasteiger partial charge is 0.508 e. The molecule has 0 bridgehead atoms. The van der Waals surface area contributed by atoms with Crippen molar-refractivity contribution in [1.82, 2.24) is 0 Å². The van der Waals surface area contributed by atoms with Gasteiger partial charge in [-0.2, -0.15) is 0 Å². The van der Waals surface area contributed by atoms with Gasteiger partial charge in [-0.25, -0.2) is 0 Å². The summed E-state index contributed by atoms with van der Waals surface area (Å²) in [5, 5.41) is 21.4. The summed E-state index contributed by atoms with van der Waals surface area (Å²) < 4.78 is 0. The van der Waals surface area contributed by atoms with E-state index in [1.54, 1.807) is 12.1 Å². The summed E-state index contributed by atoms with van der Waals surface area (Å²) in [6.45, 7) is 0.592. The monoisotopic (exact) mass is 258 g/mol. The fraction of sp³-hybridized carbons (Fsp3) is 0.364. The third-order valence-electron chi connectivity index (χ3n) is 2.27. The van der Waals surface area contributed by atoms with Gasteiger partial charge in [-0.3, -0.25) is 4.79 Å². The van der Waals surface area contributed by atoms with Gasteiger partial charge < -0.3 is 21.3 Å². The fourth-order valence-corrected chi connectivity index (χ4v) is 1.46. The van der Waals surface area contributed by atoms with E-state index >= 15 is 0 Å². The van der Waals surface area contributed by atoms with Crippen molar-refractivity contribution < 1.29 is 15.0 Å². The van der Waals surface area contributed by atoms with E-state index in [-0.39, 0.29) is 12.2 Å². The number of aromatic hydroxyl groups is 1. The lowest BCUT2D eigenvalue weighted by atomic mass is 10.1. The molecule has 0 saturated heterocycles. The first-order valence-corrected chi connectivity index (χ1v) is 5.68. The minimum atomic E-state index is -1.09. The van der Waals surface area contributed by atoms with Crippen LogP contribution in [-0.2, 0) is 11.2 Å². The molecule has 1 aromatic carbocycles. The molecule has 0 fully saturated rings. The summed E-state index contributed by atoms with van der Waals surface area (Å²) in [7, 11) is 0. The average molecular weight is 259 g/mol. The molecule has 0 heterocycles. The van der Waals surface area contributed by atoms with Gasteiger partial charge in [-0.05, 0) is 11.6 Å². The van der Waals surface area contributed by atoms with Crippen molar-refractivity contribution in [3.63, 3.8) is 0 Å². The highest BCUT2D eigenvalue weighted by Gasteiger charge is 2.14. The zero-order valence-corrected chi connectivity index (χ0v) is 9.94. The lowest BCUT2D eigenvalue weighted by Crippen LogP contribution is -2.32. The van der Waals surface area contributed by atoms with E-state index in [9.17, 15) is 9.90 Å². The Kier molecular flexibility index (Phi) is 5.06. The molecule has 0 amide bonds. The van der Waals surface area contributed by atoms with Gasteiger partial charge in [0.25, 0.3) is 0 Å². The van der Waals surface area contributed by atoms with Crippen molar-refractivity contribution in [3.8, 4) is 5.75 Å². The van der Waals surface area contributed by atoms with Crippen LogP contribution in [0.2, 0.25) is 0 Å². The van der Waals surface area contributed by atoms with Crippen LogP contribution in [0.3, 0.4) is 0 Å². The van der Waals surface area contributed by atoms with Crippen molar-refractivity contribution in [2.24, 2.45) is 5.73 Å². The minimum absolute atomic E-state index is 0.0290. The SMILES string of the molecule is NC(Cc1ccc(NCCCl)cc1O)C(=O)O. The van der Waals surface area contributed by atoms with E-state index in [1.165, 1.54) is 6.07 Å². The third kappa shape index (κ3) is 4.13. The predicted molar refractivity (Wildman–Crippen MR) is 66.6 cm³/mol. The fourth-order valence-electron chi connectivity index (χ4n) is 1.36. The summed E-state index contributed by atoms with van der Waals surface area (Å²) in [6, 6.07) is 3.91. The molecular weight excluding hydrogens is 244 g/mol. The van der Waals surface area contributed by atoms with Gasteiger partial charge in [-0.1, -0.05) is 6.07 Å². The molecule has 0 saturated carbocycles. The number of benzene rings is 1. The van der Waals surface area contributed by atoms with Crippen molar-refractivity contribution in [3.05, 3.63) is 23.8 Å². The number of anilines is 1. The maximum Gasteiger partial charge on any atom is 0.320 e. The molecule has 17 heavy (non-hydrogen) atoms. The van der Waals surface area contributed by atoms with Crippen LogP contribution >= 0.6 is 11.6 Å². The van der Waals surface area contributed by atoms with E-state index < -0.39 is 12.0 Å². The number of aliphatic carboxylic acids is 1. The zero-order chi connectivity index (χ0) is 12.8. The lowest BCUT2D eigenvalue weighted by molar-refractivity contribution is -0.138. The molecule has 0 aromatic heterocycles. The van der Waals surface area contributed by atoms with Crippen LogP contribution in [0.5, 0.6) is 5.75 Å². The maximum absolute atomic E-state index is 10.6. The normalized spacial score (nSPS) is 12.1. The van der Waals surface area contributed by atoms with Gasteiger partial charge in [-0.15, -0.1) is 11.6 Å². The second kappa shape index (κ2) is 6.32. The summed E-state index contributed by atoms with van der Waals surface area (Å²) in [5.74, 6) is -0.595. The highest BCUT2D eigenvalue weighted by Crippen LogP contribution is 2.22. The molecule has 0 aliphatic rings. The van der Waals surface area contributed by atoms with Crippen LogP contribution in [0.1, 0.15) is 5.56 Å². The topological polar surface area (TPSA) is 95.6 Å². The lowest BCUT2D eigenvalue weighted by Gasteiger charge is -2.10. The first-order chi connectivity index (χ1) is 8.04. The number of phenols is 1. The zero-order valence-electron chi connectivity index (χ0n) is 9.19. The molecular formula is C11H15ClN2O3. The van der Waals surface area contributed by atoms with Crippen LogP contribution in [-0.4, -0.2) is 34.6 Å². The Labute approximate surface area is 104 Å². The second-order valence-corrected chi connectivity index (χ2v) is 3.99. The molecule has 0 spiro atoms. The Morgan fingerprint density at radius 3 is 2.76 bits per heavy atom. The number of carboxylic acids is 1. The van der Waals surface area contributed by atoms with E-state index in [4.69, 9.17) is 22.4 Å². The Hall–Kier alpha value is -1.46. The van der Waals surface area contributed by atoms with Crippen molar-refractivity contribution in [2.45, 2.75) is 12.5 Å². The third-order valence-corrected chi connectivity index (χ3v) is 2.45. The van der Waals surface area contributed by atoms with Gasteiger partial charge in [0.05, 0.1) is 0 Å². The van der Waals surface area contributed by atoms with E-state index in [2.05, 4.69) is 5.32 Å². The first kappa shape index (κ1) is 13.6. The summed E-state index contributed by atoms with van der Waals surface area (Å²) in [5.41, 5.74) is 6.63. The van der Waals surface area contributed by atoms with Crippen LogP contribution in [0.25, 0.3) is 0 Å². The van der Waals surface area contributed by atoms with Gasteiger partial charge >= 0.3 is 5.97 Å². The summed E-state index contributed by atoms with van der Waals surface area (Å²) in [4.78, 5) is 10.6. The molecule has 0 aliphatic heterocycles.